The Kier molecular flexibility index (Phi) is 5.46. The van der Waals surface area contributed by atoms with Gasteiger partial charge >= 0.3 is 0 Å². The van der Waals surface area contributed by atoms with Gasteiger partial charge in [-0.1, -0.05) is 6.42 Å². The first-order valence-electron chi connectivity index (χ1n) is 9.01. The summed E-state index contributed by atoms with van der Waals surface area (Å²) in [6.45, 7) is 4.26. The van der Waals surface area contributed by atoms with E-state index in [1.54, 1.807) is 40.5 Å². The Labute approximate surface area is 150 Å². The molecule has 2 aliphatic heterocycles. The predicted octanol–water partition coefficient (Wildman–Crippen LogP) is 1.68. The van der Waals surface area contributed by atoms with Crippen molar-refractivity contribution < 1.29 is 13.2 Å². The number of likely N-dealkylation sites (N-methyl/N-ethyl adjacent to an activating group) is 1. The lowest BCUT2D eigenvalue weighted by Crippen LogP contribution is -2.42. The number of benzene rings is 1. The molecule has 2 saturated heterocycles. The van der Waals surface area contributed by atoms with E-state index in [1.807, 2.05) is 6.92 Å². The zero-order chi connectivity index (χ0) is 18.0. The van der Waals surface area contributed by atoms with Gasteiger partial charge in [-0.15, -0.1) is 0 Å². The third-order valence-corrected chi connectivity index (χ3v) is 7.38. The van der Waals surface area contributed by atoms with Gasteiger partial charge in [-0.3, -0.25) is 4.79 Å². The van der Waals surface area contributed by atoms with Crippen LogP contribution in [0.3, 0.4) is 0 Å². The van der Waals surface area contributed by atoms with Crippen LogP contribution in [0.4, 0.5) is 0 Å². The van der Waals surface area contributed by atoms with Crippen LogP contribution in [-0.2, 0) is 10.0 Å². The van der Waals surface area contributed by atoms with Gasteiger partial charge in [-0.2, -0.15) is 4.31 Å². The molecule has 2 atom stereocenters. The smallest absolute Gasteiger partial charge is 0.253 e. The second-order valence-corrected chi connectivity index (χ2v) is 8.94. The molecule has 2 fully saturated rings. The average Bonchev–Trinajstić information content (AvgIpc) is 3.15. The Hall–Kier alpha value is -1.44. The maximum absolute atomic E-state index is 12.8. The highest BCUT2D eigenvalue weighted by Crippen LogP contribution is 2.25. The van der Waals surface area contributed by atoms with Crippen LogP contribution >= 0.6 is 0 Å². The normalized spacial score (nSPS) is 25.0. The fraction of sp³-hybridized carbons (Fsp3) is 0.611. The van der Waals surface area contributed by atoms with Gasteiger partial charge in [-0.25, -0.2) is 8.42 Å². The van der Waals surface area contributed by atoms with Crippen molar-refractivity contribution in [1.29, 1.82) is 0 Å². The first-order chi connectivity index (χ1) is 11.9. The second-order valence-electron chi connectivity index (χ2n) is 7.05. The first-order valence-corrected chi connectivity index (χ1v) is 10.4. The van der Waals surface area contributed by atoms with E-state index in [0.29, 0.717) is 12.1 Å². The molecule has 0 bridgehead atoms. The Bertz CT molecular complexity index is 712. The Balaban J connectivity index is 1.76. The monoisotopic (exact) mass is 365 g/mol. The third-order valence-electron chi connectivity index (χ3n) is 5.35. The lowest BCUT2D eigenvalue weighted by Gasteiger charge is -2.32. The molecule has 0 spiro atoms. The molecule has 1 amide bonds. The van der Waals surface area contributed by atoms with Crippen LogP contribution in [0.2, 0.25) is 0 Å². The number of carbonyl (C=O) groups is 1. The van der Waals surface area contributed by atoms with E-state index in [9.17, 15) is 13.2 Å². The van der Waals surface area contributed by atoms with Crippen molar-refractivity contribution in [2.45, 2.75) is 49.6 Å². The van der Waals surface area contributed by atoms with Crippen molar-refractivity contribution in [3.8, 4) is 0 Å². The SMILES string of the molecule is CC1CCCCN1S(=O)(=O)c1ccc(C(=O)N(C)C2CCNC2)cc1. The zero-order valence-corrected chi connectivity index (χ0v) is 15.8. The largest absolute Gasteiger partial charge is 0.337 e. The molecule has 1 aromatic carbocycles. The maximum Gasteiger partial charge on any atom is 0.253 e. The zero-order valence-electron chi connectivity index (χ0n) is 14.9. The van der Waals surface area contributed by atoms with E-state index < -0.39 is 10.0 Å². The fourth-order valence-electron chi connectivity index (χ4n) is 3.67. The molecule has 0 aliphatic carbocycles. The van der Waals surface area contributed by atoms with Crippen molar-refractivity contribution in [2.75, 3.05) is 26.7 Å². The molecule has 0 radical (unpaired) electrons. The van der Waals surface area contributed by atoms with E-state index in [1.165, 1.54) is 0 Å². The lowest BCUT2D eigenvalue weighted by atomic mass is 10.1. The number of nitrogens with one attached hydrogen (secondary N) is 1. The highest BCUT2D eigenvalue weighted by molar-refractivity contribution is 7.89. The number of nitrogens with zero attached hydrogens (tertiary/aromatic N) is 2. The summed E-state index contributed by atoms with van der Waals surface area (Å²) in [5.41, 5.74) is 0.528. The summed E-state index contributed by atoms with van der Waals surface area (Å²) in [5, 5.41) is 3.25. The molecule has 2 aliphatic rings. The van der Waals surface area contributed by atoms with Gasteiger partial charge in [0.1, 0.15) is 0 Å². The van der Waals surface area contributed by atoms with Crippen molar-refractivity contribution in [3.63, 3.8) is 0 Å². The van der Waals surface area contributed by atoms with Crippen molar-refractivity contribution >= 4 is 15.9 Å². The number of hydrogen-bond donors (Lipinski definition) is 1. The summed E-state index contributed by atoms with van der Waals surface area (Å²) in [7, 11) is -1.69. The fourth-order valence-corrected chi connectivity index (χ4v) is 5.37. The van der Waals surface area contributed by atoms with Gasteiger partial charge in [0, 0.05) is 37.8 Å². The van der Waals surface area contributed by atoms with Crippen LogP contribution in [0.1, 0.15) is 43.0 Å². The molecule has 0 aromatic heterocycles. The van der Waals surface area contributed by atoms with Crippen molar-refractivity contribution in [3.05, 3.63) is 29.8 Å². The number of sulfonamides is 1. The average molecular weight is 365 g/mol. The predicted molar refractivity (Wildman–Crippen MR) is 97.0 cm³/mol. The molecule has 2 heterocycles. The van der Waals surface area contributed by atoms with E-state index in [0.717, 1.165) is 38.8 Å². The minimum Gasteiger partial charge on any atom is -0.337 e. The quantitative estimate of drug-likeness (QED) is 0.881. The maximum atomic E-state index is 12.8. The lowest BCUT2D eigenvalue weighted by molar-refractivity contribution is 0.0743. The van der Waals surface area contributed by atoms with E-state index >= 15 is 0 Å². The van der Waals surface area contributed by atoms with Crippen LogP contribution in [-0.4, -0.2) is 62.3 Å². The summed E-state index contributed by atoms with van der Waals surface area (Å²) >= 11 is 0. The van der Waals surface area contributed by atoms with Crippen LogP contribution in [0, 0.1) is 0 Å². The van der Waals surface area contributed by atoms with Gasteiger partial charge < -0.3 is 10.2 Å². The molecule has 3 rings (SSSR count). The summed E-state index contributed by atoms with van der Waals surface area (Å²) in [6.07, 6.45) is 3.82. The molecule has 138 valence electrons. The standard InChI is InChI=1S/C18H27N3O3S/c1-14-5-3-4-12-21(14)25(23,24)17-8-6-15(7-9-17)18(22)20(2)16-10-11-19-13-16/h6-9,14,16,19H,3-5,10-13H2,1-2H3. The van der Waals surface area contributed by atoms with Gasteiger partial charge in [0.25, 0.3) is 5.91 Å². The van der Waals surface area contributed by atoms with Gasteiger partial charge in [-0.05, 0) is 57.0 Å². The minimum absolute atomic E-state index is 0.0288. The Morgan fingerprint density at radius 2 is 1.92 bits per heavy atom. The number of hydrogen-bond acceptors (Lipinski definition) is 4. The summed E-state index contributed by atoms with van der Waals surface area (Å²) in [5.74, 6) is -0.0658. The van der Waals surface area contributed by atoms with Crippen LogP contribution in [0.15, 0.2) is 29.2 Å². The van der Waals surface area contributed by atoms with E-state index in [2.05, 4.69) is 5.32 Å². The number of amides is 1. The van der Waals surface area contributed by atoms with Crippen LogP contribution in [0.25, 0.3) is 0 Å². The molecule has 1 aromatic rings. The summed E-state index contributed by atoms with van der Waals surface area (Å²) < 4.78 is 27.3. The molecular weight excluding hydrogens is 338 g/mol. The van der Waals surface area contributed by atoms with Crippen molar-refractivity contribution in [1.82, 2.24) is 14.5 Å². The summed E-state index contributed by atoms with van der Waals surface area (Å²) in [4.78, 5) is 14.6. The first kappa shape index (κ1) is 18.4. The molecule has 6 nitrogen and oxygen atoms in total. The van der Waals surface area contributed by atoms with E-state index in [4.69, 9.17) is 0 Å². The number of piperidine rings is 1. The van der Waals surface area contributed by atoms with Gasteiger partial charge in [0.2, 0.25) is 10.0 Å². The molecular formula is C18H27N3O3S. The van der Waals surface area contributed by atoms with Gasteiger partial charge in [0.05, 0.1) is 4.90 Å². The van der Waals surface area contributed by atoms with Gasteiger partial charge in [0.15, 0.2) is 0 Å². The molecule has 1 N–H and O–H groups in total. The van der Waals surface area contributed by atoms with Crippen molar-refractivity contribution in [2.24, 2.45) is 0 Å². The third kappa shape index (κ3) is 3.73. The topological polar surface area (TPSA) is 69.7 Å². The molecule has 2 unspecified atom stereocenters. The number of carbonyl (C=O) groups excluding carboxylic acids is 1. The summed E-state index contributed by atoms with van der Waals surface area (Å²) in [6, 6.07) is 6.60. The van der Waals surface area contributed by atoms with Crippen LogP contribution in [0.5, 0.6) is 0 Å². The minimum atomic E-state index is -3.49. The highest BCUT2D eigenvalue weighted by Gasteiger charge is 2.31. The molecule has 0 saturated carbocycles. The van der Waals surface area contributed by atoms with E-state index in [-0.39, 0.29) is 22.9 Å². The van der Waals surface area contributed by atoms with Crippen LogP contribution < -0.4 is 5.32 Å². The number of rotatable bonds is 4. The Morgan fingerprint density at radius 1 is 1.20 bits per heavy atom. The molecule has 7 heteroatoms. The molecule has 25 heavy (non-hydrogen) atoms. The second kappa shape index (κ2) is 7.43. The highest BCUT2D eigenvalue weighted by atomic mass is 32.2. The Morgan fingerprint density at radius 3 is 2.52 bits per heavy atom.